The van der Waals surface area contributed by atoms with Gasteiger partial charge in [0.15, 0.2) is 0 Å². The van der Waals surface area contributed by atoms with Gasteiger partial charge in [0, 0.05) is 32.2 Å². The SMILES string of the molecule is CCCCCCCC1CN(CCCN2CCOc3ccc(C)cc32)CCN1C. The van der Waals surface area contributed by atoms with Crippen LogP contribution >= 0.6 is 0 Å². The Hall–Kier alpha value is -1.26. The fraction of sp³-hybridized carbons (Fsp3) is 0.750. The number of fused-ring (bicyclic) bond motifs is 1. The molecule has 2 heterocycles. The van der Waals surface area contributed by atoms with Gasteiger partial charge in [0.2, 0.25) is 0 Å². The maximum atomic E-state index is 5.84. The first-order valence-electron chi connectivity index (χ1n) is 11.6. The number of likely N-dealkylation sites (N-methyl/N-ethyl adjacent to an activating group) is 1. The Morgan fingerprint density at radius 3 is 2.71 bits per heavy atom. The van der Waals surface area contributed by atoms with E-state index in [-0.39, 0.29) is 0 Å². The van der Waals surface area contributed by atoms with Gasteiger partial charge in [0.1, 0.15) is 12.4 Å². The molecule has 1 unspecified atom stereocenters. The molecule has 0 saturated carbocycles. The van der Waals surface area contributed by atoms with Crippen molar-refractivity contribution in [2.45, 2.75) is 64.8 Å². The van der Waals surface area contributed by atoms with E-state index in [1.54, 1.807) is 0 Å². The second kappa shape index (κ2) is 11.1. The van der Waals surface area contributed by atoms with Crippen LogP contribution in [0.25, 0.3) is 0 Å². The molecule has 2 aliphatic rings. The summed E-state index contributed by atoms with van der Waals surface area (Å²) in [5.74, 6) is 1.06. The highest BCUT2D eigenvalue weighted by atomic mass is 16.5. The number of aryl methyl sites for hydroxylation is 1. The van der Waals surface area contributed by atoms with Gasteiger partial charge >= 0.3 is 0 Å². The number of unbranched alkanes of at least 4 members (excludes halogenated alkanes) is 4. The molecule has 0 aliphatic carbocycles. The van der Waals surface area contributed by atoms with Gasteiger partial charge in [-0.05, 0) is 51.1 Å². The van der Waals surface area contributed by atoms with Crippen LogP contribution in [0.2, 0.25) is 0 Å². The van der Waals surface area contributed by atoms with Crippen molar-refractivity contribution in [1.29, 1.82) is 0 Å². The first-order chi connectivity index (χ1) is 13.7. The van der Waals surface area contributed by atoms with E-state index in [4.69, 9.17) is 4.74 Å². The lowest BCUT2D eigenvalue weighted by atomic mass is 10.0. The van der Waals surface area contributed by atoms with Gasteiger partial charge in [-0.1, -0.05) is 45.1 Å². The molecule has 1 fully saturated rings. The Balaban J connectivity index is 1.41. The van der Waals surface area contributed by atoms with Crippen molar-refractivity contribution in [1.82, 2.24) is 9.80 Å². The lowest BCUT2D eigenvalue weighted by molar-refractivity contribution is 0.0884. The number of nitrogens with zero attached hydrogens (tertiary/aromatic N) is 3. The van der Waals surface area contributed by atoms with E-state index >= 15 is 0 Å². The average molecular weight is 388 g/mol. The van der Waals surface area contributed by atoms with E-state index < -0.39 is 0 Å². The zero-order valence-electron chi connectivity index (χ0n) is 18.5. The second-order valence-electron chi connectivity index (χ2n) is 8.80. The first-order valence-corrected chi connectivity index (χ1v) is 11.6. The zero-order valence-corrected chi connectivity index (χ0v) is 18.5. The molecule has 4 nitrogen and oxygen atoms in total. The molecule has 0 N–H and O–H groups in total. The zero-order chi connectivity index (χ0) is 19.8. The summed E-state index contributed by atoms with van der Waals surface area (Å²) in [4.78, 5) is 7.82. The lowest BCUT2D eigenvalue weighted by Gasteiger charge is -2.40. The number of hydrogen-bond acceptors (Lipinski definition) is 4. The van der Waals surface area contributed by atoms with Crippen molar-refractivity contribution in [3.05, 3.63) is 23.8 Å². The molecule has 0 bridgehead atoms. The predicted molar refractivity (Wildman–Crippen MR) is 120 cm³/mol. The maximum Gasteiger partial charge on any atom is 0.142 e. The van der Waals surface area contributed by atoms with Crippen molar-refractivity contribution in [3.63, 3.8) is 0 Å². The average Bonchev–Trinajstić information content (AvgIpc) is 2.70. The number of hydrogen-bond donors (Lipinski definition) is 0. The minimum atomic E-state index is 0.752. The third kappa shape index (κ3) is 6.12. The van der Waals surface area contributed by atoms with Crippen LogP contribution in [0.3, 0.4) is 0 Å². The molecule has 0 spiro atoms. The predicted octanol–water partition coefficient (Wildman–Crippen LogP) is 4.56. The van der Waals surface area contributed by atoms with E-state index in [1.807, 2.05) is 0 Å². The molecule has 1 aromatic rings. The molecule has 0 radical (unpaired) electrons. The Kier molecular flexibility index (Phi) is 8.47. The molecule has 28 heavy (non-hydrogen) atoms. The summed E-state index contributed by atoms with van der Waals surface area (Å²) >= 11 is 0. The first kappa shape index (κ1) is 21.4. The second-order valence-corrected chi connectivity index (χ2v) is 8.80. The summed E-state index contributed by atoms with van der Waals surface area (Å²) in [6.07, 6.45) is 9.56. The van der Waals surface area contributed by atoms with Crippen LogP contribution in [0.1, 0.15) is 57.4 Å². The molecule has 1 atom stereocenters. The molecule has 1 saturated heterocycles. The third-order valence-electron chi connectivity index (χ3n) is 6.48. The van der Waals surface area contributed by atoms with Gasteiger partial charge in [-0.15, -0.1) is 0 Å². The fourth-order valence-corrected chi connectivity index (χ4v) is 4.61. The minimum absolute atomic E-state index is 0.752. The summed E-state index contributed by atoms with van der Waals surface area (Å²) < 4.78 is 5.84. The topological polar surface area (TPSA) is 19.0 Å². The van der Waals surface area contributed by atoms with Gasteiger partial charge < -0.3 is 19.4 Å². The molecule has 2 aliphatic heterocycles. The van der Waals surface area contributed by atoms with Crippen LogP contribution in [0.15, 0.2) is 18.2 Å². The van der Waals surface area contributed by atoms with Crippen molar-refractivity contribution in [3.8, 4) is 5.75 Å². The summed E-state index contributed by atoms with van der Waals surface area (Å²) in [6, 6.07) is 7.30. The van der Waals surface area contributed by atoms with Gasteiger partial charge in [-0.3, -0.25) is 0 Å². The smallest absolute Gasteiger partial charge is 0.142 e. The summed E-state index contributed by atoms with van der Waals surface area (Å²) in [5, 5.41) is 0. The van der Waals surface area contributed by atoms with Crippen molar-refractivity contribution in [2.75, 3.05) is 57.8 Å². The van der Waals surface area contributed by atoms with Gasteiger partial charge in [-0.2, -0.15) is 0 Å². The van der Waals surface area contributed by atoms with Crippen LogP contribution in [0.4, 0.5) is 5.69 Å². The molecule has 1 aromatic carbocycles. The molecular formula is C24H41N3O. The van der Waals surface area contributed by atoms with Crippen molar-refractivity contribution >= 4 is 5.69 Å². The molecule has 3 rings (SSSR count). The minimum Gasteiger partial charge on any atom is -0.490 e. The Bertz CT molecular complexity index is 591. The van der Waals surface area contributed by atoms with Gasteiger partial charge in [0.25, 0.3) is 0 Å². The number of piperazine rings is 1. The van der Waals surface area contributed by atoms with Gasteiger partial charge in [0.05, 0.1) is 12.2 Å². The van der Waals surface area contributed by atoms with Crippen LogP contribution in [-0.2, 0) is 0 Å². The highest BCUT2D eigenvalue weighted by molar-refractivity contribution is 5.61. The molecule has 0 amide bonds. The van der Waals surface area contributed by atoms with Gasteiger partial charge in [-0.25, -0.2) is 0 Å². The number of rotatable bonds is 10. The normalized spacial score (nSPS) is 20.8. The summed E-state index contributed by atoms with van der Waals surface area (Å²) in [5.41, 5.74) is 2.60. The summed E-state index contributed by atoms with van der Waals surface area (Å²) in [6.45, 7) is 12.3. The van der Waals surface area contributed by atoms with Crippen LogP contribution < -0.4 is 9.64 Å². The molecule has 4 heteroatoms. The Morgan fingerprint density at radius 1 is 1.00 bits per heavy atom. The quantitative estimate of drug-likeness (QED) is 0.548. The van der Waals surface area contributed by atoms with E-state index in [0.717, 1.165) is 31.5 Å². The maximum absolute atomic E-state index is 5.84. The van der Waals surface area contributed by atoms with E-state index in [1.165, 1.54) is 82.4 Å². The van der Waals surface area contributed by atoms with Crippen molar-refractivity contribution in [2.24, 2.45) is 0 Å². The Morgan fingerprint density at radius 2 is 1.86 bits per heavy atom. The molecule has 0 aromatic heterocycles. The van der Waals surface area contributed by atoms with E-state index in [0.29, 0.717) is 0 Å². The lowest BCUT2D eigenvalue weighted by Crippen LogP contribution is -2.51. The number of anilines is 1. The number of benzene rings is 1. The highest BCUT2D eigenvalue weighted by Crippen LogP contribution is 2.32. The fourth-order valence-electron chi connectivity index (χ4n) is 4.61. The van der Waals surface area contributed by atoms with E-state index in [9.17, 15) is 0 Å². The third-order valence-corrected chi connectivity index (χ3v) is 6.48. The monoisotopic (exact) mass is 387 g/mol. The van der Waals surface area contributed by atoms with Crippen LogP contribution in [0.5, 0.6) is 5.75 Å². The van der Waals surface area contributed by atoms with Crippen LogP contribution in [0, 0.1) is 6.92 Å². The van der Waals surface area contributed by atoms with Crippen molar-refractivity contribution < 1.29 is 4.74 Å². The highest BCUT2D eigenvalue weighted by Gasteiger charge is 2.24. The number of ether oxygens (including phenoxy) is 1. The standard InChI is InChI=1S/C24H41N3O/c1-4-5-6-7-8-10-22-20-26(16-15-25(22)3)13-9-14-27-17-18-28-24-12-11-21(2)19-23(24)27/h11-12,19,22H,4-10,13-18,20H2,1-3H3. The Labute approximate surface area is 172 Å². The largest absolute Gasteiger partial charge is 0.490 e. The van der Waals surface area contributed by atoms with Crippen LogP contribution in [-0.4, -0.2) is 68.8 Å². The molecule has 158 valence electrons. The summed E-state index contributed by atoms with van der Waals surface area (Å²) in [7, 11) is 2.32. The van der Waals surface area contributed by atoms with E-state index in [2.05, 4.69) is 53.8 Å². The molecular weight excluding hydrogens is 346 g/mol.